The second-order valence-electron chi connectivity index (χ2n) is 6.71. The molecular weight excluding hydrogens is 310 g/mol. The molecule has 0 aromatic heterocycles. The summed E-state index contributed by atoms with van der Waals surface area (Å²) in [7, 11) is -3.16. The SMILES string of the molecule is CCS(=O)(=O)NC1CCCCC1COc1cccc(C(C)C)c1. The predicted octanol–water partition coefficient (Wildman–Crippen LogP) is 3.69. The average molecular weight is 340 g/mol. The summed E-state index contributed by atoms with van der Waals surface area (Å²) < 4.78 is 32.5. The molecule has 23 heavy (non-hydrogen) atoms. The molecule has 1 aromatic carbocycles. The molecule has 1 fully saturated rings. The summed E-state index contributed by atoms with van der Waals surface area (Å²) in [5.41, 5.74) is 1.26. The monoisotopic (exact) mass is 339 g/mol. The Bertz CT molecular complexity index is 598. The Balaban J connectivity index is 1.98. The Morgan fingerprint density at radius 3 is 2.70 bits per heavy atom. The van der Waals surface area contributed by atoms with Crippen LogP contribution in [0.4, 0.5) is 0 Å². The first-order chi connectivity index (χ1) is 10.9. The molecule has 0 aliphatic heterocycles. The zero-order valence-electron chi connectivity index (χ0n) is 14.4. The van der Waals surface area contributed by atoms with Crippen molar-refractivity contribution in [3.8, 4) is 5.75 Å². The number of rotatable bonds is 7. The van der Waals surface area contributed by atoms with Crippen LogP contribution in [0.15, 0.2) is 24.3 Å². The number of nitrogens with one attached hydrogen (secondary N) is 1. The smallest absolute Gasteiger partial charge is 0.211 e. The summed E-state index contributed by atoms with van der Waals surface area (Å²) >= 11 is 0. The van der Waals surface area contributed by atoms with Gasteiger partial charge >= 0.3 is 0 Å². The molecule has 0 spiro atoms. The fraction of sp³-hybridized carbons (Fsp3) is 0.667. The van der Waals surface area contributed by atoms with Gasteiger partial charge in [-0.2, -0.15) is 0 Å². The second-order valence-corrected chi connectivity index (χ2v) is 8.75. The lowest BCUT2D eigenvalue weighted by atomic mass is 9.86. The number of hydrogen-bond acceptors (Lipinski definition) is 3. The van der Waals surface area contributed by atoms with Crippen molar-refractivity contribution >= 4 is 10.0 Å². The van der Waals surface area contributed by atoms with E-state index in [1.807, 2.05) is 12.1 Å². The van der Waals surface area contributed by atoms with Gasteiger partial charge < -0.3 is 4.74 Å². The molecule has 2 unspecified atom stereocenters. The van der Waals surface area contributed by atoms with E-state index in [1.165, 1.54) is 5.56 Å². The largest absolute Gasteiger partial charge is 0.493 e. The van der Waals surface area contributed by atoms with Crippen LogP contribution < -0.4 is 9.46 Å². The quantitative estimate of drug-likeness (QED) is 0.824. The second kappa shape index (κ2) is 8.15. The fourth-order valence-corrected chi connectivity index (χ4v) is 3.98. The van der Waals surface area contributed by atoms with Gasteiger partial charge in [-0.25, -0.2) is 13.1 Å². The third kappa shape index (κ3) is 5.50. The van der Waals surface area contributed by atoms with Gasteiger partial charge in [-0.1, -0.05) is 38.8 Å². The third-order valence-corrected chi connectivity index (χ3v) is 6.03. The zero-order chi connectivity index (χ0) is 16.9. The van der Waals surface area contributed by atoms with Crippen molar-refractivity contribution in [2.45, 2.75) is 58.4 Å². The predicted molar refractivity (Wildman–Crippen MR) is 94.4 cm³/mol. The van der Waals surface area contributed by atoms with Crippen LogP contribution >= 0.6 is 0 Å². The maximum Gasteiger partial charge on any atom is 0.211 e. The maximum atomic E-state index is 11.9. The Kier molecular flexibility index (Phi) is 6.48. The molecular formula is C18H29NO3S. The highest BCUT2D eigenvalue weighted by Gasteiger charge is 2.28. The molecule has 0 saturated heterocycles. The summed E-state index contributed by atoms with van der Waals surface area (Å²) in [5.74, 6) is 1.72. The summed E-state index contributed by atoms with van der Waals surface area (Å²) in [5, 5.41) is 0. The van der Waals surface area contributed by atoms with E-state index in [1.54, 1.807) is 6.92 Å². The van der Waals surface area contributed by atoms with E-state index in [0.717, 1.165) is 31.4 Å². The van der Waals surface area contributed by atoms with Gasteiger partial charge in [0.1, 0.15) is 5.75 Å². The van der Waals surface area contributed by atoms with Crippen molar-refractivity contribution in [1.29, 1.82) is 0 Å². The Morgan fingerprint density at radius 1 is 1.26 bits per heavy atom. The van der Waals surface area contributed by atoms with Crippen LogP contribution in [-0.2, 0) is 10.0 Å². The molecule has 4 nitrogen and oxygen atoms in total. The fourth-order valence-electron chi connectivity index (χ4n) is 3.04. The van der Waals surface area contributed by atoms with E-state index in [9.17, 15) is 8.42 Å². The molecule has 2 atom stereocenters. The van der Waals surface area contributed by atoms with E-state index < -0.39 is 10.0 Å². The highest BCUT2D eigenvalue weighted by molar-refractivity contribution is 7.89. The number of benzene rings is 1. The summed E-state index contributed by atoms with van der Waals surface area (Å²) in [6.07, 6.45) is 4.14. The minimum absolute atomic E-state index is 0.00183. The zero-order valence-corrected chi connectivity index (χ0v) is 15.2. The lowest BCUT2D eigenvalue weighted by Crippen LogP contribution is -2.44. The van der Waals surface area contributed by atoms with E-state index in [-0.39, 0.29) is 17.7 Å². The van der Waals surface area contributed by atoms with Gasteiger partial charge in [-0.15, -0.1) is 0 Å². The molecule has 1 saturated carbocycles. The van der Waals surface area contributed by atoms with Crippen molar-refractivity contribution < 1.29 is 13.2 Å². The molecule has 1 aromatic rings. The molecule has 0 bridgehead atoms. The average Bonchev–Trinajstić information content (AvgIpc) is 2.54. The molecule has 0 radical (unpaired) electrons. The Morgan fingerprint density at radius 2 is 2.00 bits per heavy atom. The van der Waals surface area contributed by atoms with Crippen LogP contribution in [-0.4, -0.2) is 26.8 Å². The molecule has 1 aliphatic rings. The maximum absolute atomic E-state index is 11.9. The van der Waals surface area contributed by atoms with Crippen molar-refractivity contribution in [1.82, 2.24) is 4.72 Å². The van der Waals surface area contributed by atoms with Gasteiger partial charge in [-0.05, 0) is 43.4 Å². The number of hydrogen-bond donors (Lipinski definition) is 1. The first-order valence-electron chi connectivity index (χ1n) is 8.64. The van der Waals surface area contributed by atoms with Gasteiger partial charge in [0.05, 0.1) is 12.4 Å². The van der Waals surface area contributed by atoms with Gasteiger partial charge in [0, 0.05) is 12.0 Å². The van der Waals surface area contributed by atoms with Crippen molar-refractivity contribution in [3.63, 3.8) is 0 Å². The van der Waals surface area contributed by atoms with Crippen molar-refractivity contribution in [3.05, 3.63) is 29.8 Å². The van der Waals surface area contributed by atoms with Crippen LogP contribution in [0.1, 0.15) is 57.9 Å². The molecule has 0 heterocycles. The molecule has 130 valence electrons. The van der Waals surface area contributed by atoms with Crippen molar-refractivity contribution in [2.75, 3.05) is 12.4 Å². The Hall–Kier alpha value is -1.07. The van der Waals surface area contributed by atoms with Crippen molar-refractivity contribution in [2.24, 2.45) is 5.92 Å². The van der Waals surface area contributed by atoms with E-state index in [4.69, 9.17) is 4.74 Å². The number of sulfonamides is 1. The topological polar surface area (TPSA) is 55.4 Å². The highest BCUT2D eigenvalue weighted by Crippen LogP contribution is 2.27. The minimum atomic E-state index is -3.16. The van der Waals surface area contributed by atoms with E-state index >= 15 is 0 Å². The summed E-state index contributed by atoms with van der Waals surface area (Å²) in [4.78, 5) is 0. The normalized spacial score (nSPS) is 22.3. The Labute approximate surface area is 140 Å². The van der Waals surface area contributed by atoms with Gasteiger partial charge in [-0.3, -0.25) is 0 Å². The van der Waals surface area contributed by atoms with E-state index in [2.05, 4.69) is 30.7 Å². The summed E-state index contributed by atoms with van der Waals surface area (Å²) in [6.45, 7) is 6.57. The minimum Gasteiger partial charge on any atom is -0.493 e. The molecule has 2 rings (SSSR count). The van der Waals surface area contributed by atoms with Gasteiger partial charge in [0.2, 0.25) is 10.0 Å². The molecule has 1 aliphatic carbocycles. The third-order valence-electron chi connectivity index (χ3n) is 4.61. The van der Waals surface area contributed by atoms with Gasteiger partial charge in [0.15, 0.2) is 0 Å². The number of ether oxygens (including phenoxy) is 1. The van der Waals surface area contributed by atoms with Crippen LogP contribution in [0.2, 0.25) is 0 Å². The first kappa shape index (κ1) is 18.3. The van der Waals surface area contributed by atoms with Crippen LogP contribution in [0, 0.1) is 5.92 Å². The first-order valence-corrected chi connectivity index (χ1v) is 10.3. The van der Waals surface area contributed by atoms with Crippen LogP contribution in [0.5, 0.6) is 5.75 Å². The van der Waals surface area contributed by atoms with Crippen LogP contribution in [0.3, 0.4) is 0 Å². The lowest BCUT2D eigenvalue weighted by Gasteiger charge is -2.31. The van der Waals surface area contributed by atoms with E-state index in [0.29, 0.717) is 12.5 Å². The molecule has 0 amide bonds. The standard InChI is InChI=1S/C18H29NO3S/c1-4-23(20,21)19-18-11-6-5-8-16(18)13-22-17-10-7-9-15(12-17)14(2)3/h7,9-10,12,14,16,18-19H,4-6,8,11,13H2,1-3H3. The summed E-state index contributed by atoms with van der Waals surface area (Å²) in [6, 6.07) is 8.18. The molecule has 5 heteroatoms. The van der Waals surface area contributed by atoms with Crippen LogP contribution in [0.25, 0.3) is 0 Å². The molecule has 1 N–H and O–H groups in total. The lowest BCUT2D eigenvalue weighted by molar-refractivity contribution is 0.180. The highest BCUT2D eigenvalue weighted by atomic mass is 32.2. The van der Waals surface area contributed by atoms with Gasteiger partial charge in [0.25, 0.3) is 0 Å².